The highest BCUT2D eigenvalue weighted by Gasteiger charge is 2.34. The van der Waals surface area contributed by atoms with Crippen LogP contribution in [0.4, 0.5) is 4.39 Å². The van der Waals surface area contributed by atoms with Crippen LogP contribution in [0.1, 0.15) is 41.9 Å². The van der Waals surface area contributed by atoms with E-state index < -0.39 is 5.54 Å². The Kier molecular flexibility index (Phi) is 6.36. The van der Waals surface area contributed by atoms with E-state index in [1.165, 1.54) is 12.1 Å². The number of amides is 1. The van der Waals surface area contributed by atoms with Gasteiger partial charge in [-0.2, -0.15) is 0 Å². The van der Waals surface area contributed by atoms with E-state index in [1.54, 1.807) is 30.4 Å². The summed E-state index contributed by atoms with van der Waals surface area (Å²) in [6, 6.07) is 15.6. The Morgan fingerprint density at radius 1 is 1.21 bits per heavy atom. The summed E-state index contributed by atoms with van der Waals surface area (Å²) in [4.78, 5) is 18.8. The number of carbonyl (C=O) groups excluding carboxylic acids is 1. The number of benzene rings is 2. The molecule has 2 atom stereocenters. The van der Waals surface area contributed by atoms with Gasteiger partial charge in [-0.05, 0) is 56.0 Å². The first kappa shape index (κ1) is 21.4. The van der Waals surface area contributed by atoms with Crippen molar-refractivity contribution in [3.8, 4) is 10.6 Å². The van der Waals surface area contributed by atoms with E-state index in [1.807, 2.05) is 30.3 Å². The van der Waals surface area contributed by atoms with Crippen molar-refractivity contribution in [3.63, 3.8) is 0 Å². The second-order valence-electron chi connectivity index (χ2n) is 7.32. The molecule has 0 saturated heterocycles. The average molecular weight is 432 g/mol. The Bertz CT molecular complexity index is 989. The average Bonchev–Trinajstić information content (AvgIpc) is 3.14. The molecule has 29 heavy (non-hydrogen) atoms. The first-order chi connectivity index (χ1) is 13.4. The van der Waals surface area contributed by atoms with E-state index in [0.29, 0.717) is 0 Å². The lowest BCUT2D eigenvalue weighted by atomic mass is 9.90. The van der Waals surface area contributed by atoms with E-state index in [-0.39, 0.29) is 30.2 Å². The van der Waals surface area contributed by atoms with Crippen molar-refractivity contribution in [2.45, 2.75) is 37.8 Å². The van der Waals surface area contributed by atoms with Crippen LogP contribution in [0, 0.1) is 5.82 Å². The van der Waals surface area contributed by atoms with Gasteiger partial charge in [-0.1, -0.05) is 30.3 Å². The molecule has 4 rings (SSSR count). The number of nitrogens with two attached hydrogens (primary N) is 1. The number of carbonyl (C=O) groups is 1. The van der Waals surface area contributed by atoms with Gasteiger partial charge in [-0.15, -0.1) is 23.7 Å². The van der Waals surface area contributed by atoms with Crippen molar-refractivity contribution < 1.29 is 9.18 Å². The van der Waals surface area contributed by atoms with Gasteiger partial charge in [0.25, 0.3) is 0 Å². The molecular formula is C22H23ClFN3OS. The summed E-state index contributed by atoms with van der Waals surface area (Å²) in [5, 5.41) is 3.99. The summed E-state index contributed by atoms with van der Waals surface area (Å²) >= 11 is 1.56. The van der Waals surface area contributed by atoms with Gasteiger partial charge in [0.1, 0.15) is 16.4 Å². The standard InChI is InChI=1S/C22H22FN3OS.ClH/c1-22(24,15-6-3-2-4-7-15)21(27)26-18-9-5-8-17-19(18)28-20(25-17)14-10-12-16(23)13-11-14;/h2-4,6-7,10-13,18H,5,8-9,24H2,1H3,(H,26,27);1H. The highest BCUT2D eigenvalue weighted by atomic mass is 35.5. The molecule has 1 aliphatic rings. The van der Waals surface area contributed by atoms with Crippen LogP contribution in [0.2, 0.25) is 0 Å². The lowest BCUT2D eigenvalue weighted by molar-refractivity contribution is -0.127. The van der Waals surface area contributed by atoms with Crippen LogP contribution in [-0.2, 0) is 16.8 Å². The van der Waals surface area contributed by atoms with E-state index in [4.69, 9.17) is 10.7 Å². The fourth-order valence-corrected chi connectivity index (χ4v) is 4.70. The molecule has 1 heterocycles. The summed E-state index contributed by atoms with van der Waals surface area (Å²) in [6.07, 6.45) is 2.70. The zero-order valence-corrected chi connectivity index (χ0v) is 17.7. The number of hydrogen-bond acceptors (Lipinski definition) is 4. The minimum atomic E-state index is -1.11. The highest BCUT2D eigenvalue weighted by Crippen LogP contribution is 2.38. The number of fused-ring (bicyclic) bond motifs is 1. The molecule has 4 nitrogen and oxygen atoms in total. The predicted octanol–water partition coefficient (Wildman–Crippen LogP) is 4.74. The molecule has 1 amide bonds. The molecule has 0 bridgehead atoms. The number of rotatable bonds is 4. The summed E-state index contributed by atoms with van der Waals surface area (Å²) in [7, 11) is 0. The monoisotopic (exact) mass is 431 g/mol. The minimum Gasteiger partial charge on any atom is -0.347 e. The number of nitrogens with zero attached hydrogens (tertiary/aromatic N) is 1. The molecule has 1 aliphatic carbocycles. The van der Waals surface area contributed by atoms with E-state index >= 15 is 0 Å². The van der Waals surface area contributed by atoms with Crippen molar-refractivity contribution in [1.82, 2.24) is 10.3 Å². The maximum atomic E-state index is 13.2. The van der Waals surface area contributed by atoms with Crippen LogP contribution in [0.25, 0.3) is 10.6 Å². The summed E-state index contributed by atoms with van der Waals surface area (Å²) in [5.41, 5.74) is 7.94. The molecule has 0 aliphatic heterocycles. The second-order valence-corrected chi connectivity index (χ2v) is 8.35. The van der Waals surface area contributed by atoms with E-state index in [0.717, 1.165) is 46.0 Å². The van der Waals surface area contributed by atoms with Gasteiger partial charge in [0.2, 0.25) is 5.91 Å². The third-order valence-electron chi connectivity index (χ3n) is 5.19. The van der Waals surface area contributed by atoms with Crippen LogP contribution in [0.5, 0.6) is 0 Å². The number of aryl methyl sites for hydroxylation is 1. The molecule has 0 fully saturated rings. The maximum Gasteiger partial charge on any atom is 0.244 e. The quantitative estimate of drug-likeness (QED) is 0.627. The van der Waals surface area contributed by atoms with Crippen molar-refractivity contribution in [2.24, 2.45) is 5.73 Å². The van der Waals surface area contributed by atoms with Gasteiger partial charge in [-0.3, -0.25) is 4.79 Å². The lowest BCUT2D eigenvalue weighted by Gasteiger charge is -2.29. The Labute approximate surface area is 179 Å². The molecule has 152 valence electrons. The molecule has 0 spiro atoms. The lowest BCUT2D eigenvalue weighted by Crippen LogP contribution is -2.50. The number of aromatic nitrogens is 1. The topological polar surface area (TPSA) is 68.0 Å². The molecular weight excluding hydrogens is 409 g/mol. The van der Waals surface area contributed by atoms with Crippen LogP contribution in [0.3, 0.4) is 0 Å². The van der Waals surface area contributed by atoms with Crippen LogP contribution >= 0.6 is 23.7 Å². The van der Waals surface area contributed by atoms with Gasteiger partial charge in [-0.25, -0.2) is 9.37 Å². The number of hydrogen-bond donors (Lipinski definition) is 2. The maximum absolute atomic E-state index is 13.2. The van der Waals surface area contributed by atoms with Gasteiger partial charge in [0.05, 0.1) is 16.6 Å². The fraction of sp³-hybridized carbons (Fsp3) is 0.273. The second kappa shape index (κ2) is 8.61. The third-order valence-corrected chi connectivity index (χ3v) is 6.45. The van der Waals surface area contributed by atoms with Gasteiger partial charge in [0.15, 0.2) is 0 Å². The van der Waals surface area contributed by atoms with Crippen molar-refractivity contribution in [3.05, 3.63) is 76.5 Å². The normalized spacial score (nSPS) is 17.6. The Hall–Kier alpha value is -2.28. The fourth-order valence-electron chi connectivity index (χ4n) is 3.50. The van der Waals surface area contributed by atoms with Crippen molar-refractivity contribution in [2.75, 3.05) is 0 Å². The largest absolute Gasteiger partial charge is 0.347 e. The minimum absolute atomic E-state index is 0. The Morgan fingerprint density at radius 3 is 2.59 bits per heavy atom. The number of halogens is 2. The van der Waals surface area contributed by atoms with Crippen molar-refractivity contribution >= 4 is 29.7 Å². The molecule has 3 aromatic rings. The van der Waals surface area contributed by atoms with Crippen molar-refractivity contribution in [1.29, 1.82) is 0 Å². The molecule has 7 heteroatoms. The first-order valence-corrected chi connectivity index (χ1v) is 10.2. The summed E-state index contributed by atoms with van der Waals surface area (Å²) in [6.45, 7) is 1.73. The summed E-state index contributed by atoms with van der Waals surface area (Å²) in [5.74, 6) is -0.466. The zero-order chi connectivity index (χ0) is 19.7. The molecule has 2 unspecified atom stereocenters. The zero-order valence-electron chi connectivity index (χ0n) is 16.0. The SMILES string of the molecule is CC(N)(C(=O)NC1CCCc2nc(-c3ccc(F)cc3)sc21)c1ccccc1.Cl. The van der Waals surface area contributed by atoms with Crippen LogP contribution < -0.4 is 11.1 Å². The summed E-state index contributed by atoms with van der Waals surface area (Å²) < 4.78 is 13.2. The molecule has 3 N–H and O–H groups in total. The number of thiazole rings is 1. The van der Waals surface area contributed by atoms with Crippen LogP contribution in [0.15, 0.2) is 54.6 Å². The molecule has 0 radical (unpaired) electrons. The van der Waals surface area contributed by atoms with Gasteiger partial charge >= 0.3 is 0 Å². The Balaban J connectivity index is 0.00000240. The molecule has 1 aromatic heterocycles. The molecule has 0 saturated carbocycles. The van der Waals surface area contributed by atoms with E-state index in [2.05, 4.69) is 5.32 Å². The number of nitrogens with one attached hydrogen (secondary N) is 1. The van der Waals surface area contributed by atoms with Crippen LogP contribution in [-0.4, -0.2) is 10.9 Å². The smallest absolute Gasteiger partial charge is 0.244 e. The van der Waals surface area contributed by atoms with Gasteiger partial charge in [0, 0.05) is 5.56 Å². The Morgan fingerprint density at radius 2 is 1.90 bits per heavy atom. The highest BCUT2D eigenvalue weighted by molar-refractivity contribution is 7.15. The third kappa shape index (κ3) is 4.34. The predicted molar refractivity (Wildman–Crippen MR) is 117 cm³/mol. The molecule has 2 aromatic carbocycles. The van der Waals surface area contributed by atoms with Gasteiger partial charge < -0.3 is 11.1 Å². The first-order valence-electron chi connectivity index (χ1n) is 9.36. The van der Waals surface area contributed by atoms with E-state index in [9.17, 15) is 9.18 Å².